The number of nitriles is 1. The van der Waals surface area contributed by atoms with E-state index in [4.69, 9.17) is 10.00 Å². The highest BCUT2D eigenvalue weighted by Crippen LogP contribution is 2.24. The minimum Gasteiger partial charge on any atom is -0.383 e. The number of aromatic amines is 1. The van der Waals surface area contributed by atoms with Crippen LogP contribution in [0.1, 0.15) is 47.6 Å². The van der Waals surface area contributed by atoms with Gasteiger partial charge in [-0.05, 0) is 31.7 Å². The number of nitrogens with one attached hydrogen (secondary N) is 3. The zero-order valence-corrected chi connectivity index (χ0v) is 17.1. The molecule has 1 aliphatic rings. The monoisotopic (exact) mass is 413 g/mol. The number of aromatic nitrogens is 4. The zero-order valence-electron chi connectivity index (χ0n) is 17.1. The molecule has 30 heavy (non-hydrogen) atoms. The summed E-state index contributed by atoms with van der Waals surface area (Å²) in [5, 5.41) is 22.8. The molecule has 1 fully saturated rings. The second kappa shape index (κ2) is 10.5. The molecule has 2 heterocycles. The van der Waals surface area contributed by atoms with Crippen LogP contribution in [0.2, 0.25) is 0 Å². The number of nitrogens with zero attached hydrogens (tertiary/aromatic N) is 4. The third-order valence-corrected chi connectivity index (χ3v) is 5.37. The highest BCUT2D eigenvalue weighted by Gasteiger charge is 2.27. The predicted octanol–water partition coefficient (Wildman–Crippen LogP) is 0.772. The first-order chi connectivity index (χ1) is 14.6. The van der Waals surface area contributed by atoms with E-state index in [1.165, 1.54) is 12.3 Å². The van der Waals surface area contributed by atoms with Crippen LogP contribution in [0, 0.1) is 17.2 Å². The van der Waals surface area contributed by atoms with Crippen molar-refractivity contribution in [2.45, 2.75) is 44.7 Å². The highest BCUT2D eigenvalue weighted by atomic mass is 16.5. The maximum Gasteiger partial charge on any atom is 0.267 e. The molecule has 2 aromatic rings. The molecule has 10 nitrogen and oxygen atoms in total. The third-order valence-electron chi connectivity index (χ3n) is 5.37. The molecule has 0 unspecified atom stereocenters. The second-order valence-corrected chi connectivity index (χ2v) is 7.41. The summed E-state index contributed by atoms with van der Waals surface area (Å²) in [5.41, 5.74) is 0.808. The van der Waals surface area contributed by atoms with Crippen LogP contribution < -0.4 is 10.6 Å². The summed E-state index contributed by atoms with van der Waals surface area (Å²) in [6.07, 6.45) is 6.75. The van der Waals surface area contributed by atoms with E-state index in [2.05, 4.69) is 25.8 Å². The summed E-state index contributed by atoms with van der Waals surface area (Å²) >= 11 is 0. The molecule has 160 valence electrons. The molecule has 3 N–H and O–H groups in total. The van der Waals surface area contributed by atoms with E-state index in [0.29, 0.717) is 37.4 Å². The van der Waals surface area contributed by atoms with Crippen molar-refractivity contribution in [3.63, 3.8) is 0 Å². The van der Waals surface area contributed by atoms with Gasteiger partial charge in [0.05, 0.1) is 12.2 Å². The van der Waals surface area contributed by atoms with Gasteiger partial charge in [0.25, 0.3) is 5.91 Å². The van der Waals surface area contributed by atoms with Crippen molar-refractivity contribution < 1.29 is 14.3 Å². The van der Waals surface area contributed by atoms with Crippen molar-refractivity contribution in [2.24, 2.45) is 5.92 Å². The number of rotatable bonds is 9. The minimum atomic E-state index is -0.220. The molecule has 3 rings (SSSR count). The third kappa shape index (κ3) is 5.67. The van der Waals surface area contributed by atoms with E-state index >= 15 is 0 Å². The number of carbonyl (C=O) groups is 2. The van der Waals surface area contributed by atoms with Gasteiger partial charge in [-0.15, -0.1) is 10.2 Å². The summed E-state index contributed by atoms with van der Waals surface area (Å²) in [5.74, 6) is 0.607. The van der Waals surface area contributed by atoms with E-state index < -0.39 is 0 Å². The Hall–Kier alpha value is -3.19. The summed E-state index contributed by atoms with van der Waals surface area (Å²) in [7, 11) is 1.65. The van der Waals surface area contributed by atoms with Crippen molar-refractivity contribution in [3.8, 4) is 6.07 Å². The number of methoxy groups -OCH3 is 1. The predicted molar refractivity (Wildman–Crippen MR) is 107 cm³/mol. The van der Waals surface area contributed by atoms with E-state index in [0.717, 1.165) is 31.5 Å². The van der Waals surface area contributed by atoms with Gasteiger partial charge in [-0.2, -0.15) is 5.26 Å². The smallest absolute Gasteiger partial charge is 0.267 e. The molecule has 1 aliphatic carbocycles. The SMILES string of the molecule is COCCn1cnnc1CCNC(=O)C1CCC(NC(=O)c2cc(C#N)c[nH]2)CC1. The van der Waals surface area contributed by atoms with Crippen molar-refractivity contribution in [3.05, 3.63) is 35.7 Å². The van der Waals surface area contributed by atoms with Gasteiger partial charge in [0.1, 0.15) is 23.9 Å². The minimum absolute atomic E-state index is 0.0368. The fourth-order valence-corrected chi connectivity index (χ4v) is 3.64. The van der Waals surface area contributed by atoms with Gasteiger partial charge in [0.2, 0.25) is 5.91 Å². The van der Waals surface area contributed by atoms with Crippen LogP contribution >= 0.6 is 0 Å². The number of carbonyl (C=O) groups excluding carboxylic acids is 2. The van der Waals surface area contributed by atoms with Crippen molar-refractivity contribution >= 4 is 11.8 Å². The number of H-pyrrole nitrogens is 1. The molecule has 0 radical (unpaired) electrons. The normalized spacial score (nSPS) is 18.5. The van der Waals surface area contributed by atoms with Crippen molar-refractivity contribution in [1.82, 2.24) is 30.4 Å². The first kappa shape index (κ1) is 21.5. The maximum absolute atomic E-state index is 12.5. The summed E-state index contributed by atoms with van der Waals surface area (Å²) in [4.78, 5) is 27.5. The Balaban J connectivity index is 1.37. The lowest BCUT2D eigenvalue weighted by molar-refractivity contribution is -0.126. The number of ether oxygens (including phenoxy) is 1. The first-order valence-electron chi connectivity index (χ1n) is 10.1. The van der Waals surface area contributed by atoms with Gasteiger partial charge >= 0.3 is 0 Å². The quantitative estimate of drug-likeness (QED) is 0.555. The highest BCUT2D eigenvalue weighted by molar-refractivity contribution is 5.93. The molecule has 0 spiro atoms. The Labute approximate surface area is 175 Å². The Kier molecular flexibility index (Phi) is 7.57. The topological polar surface area (TPSA) is 138 Å². The van der Waals surface area contributed by atoms with Gasteiger partial charge < -0.3 is 24.9 Å². The fourth-order valence-electron chi connectivity index (χ4n) is 3.64. The Bertz CT molecular complexity index is 890. The standard InChI is InChI=1S/C20H27N7O3/c1-30-9-8-27-13-24-26-18(27)6-7-22-19(28)15-2-4-16(5-3-15)25-20(29)17-10-14(11-21)12-23-17/h10,12-13,15-16,23H,2-9H2,1H3,(H,22,28)(H,25,29). The van der Waals surface area contributed by atoms with E-state index in [-0.39, 0.29) is 23.8 Å². The van der Waals surface area contributed by atoms with Crippen LogP contribution in [-0.2, 0) is 22.5 Å². The lowest BCUT2D eigenvalue weighted by Gasteiger charge is -2.28. The summed E-state index contributed by atoms with van der Waals surface area (Å²) in [6.45, 7) is 1.78. The largest absolute Gasteiger partial charge is 0.383 e. The molecule has 0 aliphatic heterocycles. The van der Waals surface area contributed by atoms with Crippen LogP contribution in [0.3, 0.4) is 0 Å². The van der Waals surface area contributed by atoms with Gasteiger partial charge in [0.15, 0.2) is 0 Å². The Morgan fingerprint density at radius 3 is 2.87 bits per heavy atom. The average Bonchev–Trinajstić information content (AvgIpc) is 3.42. The summed E-state index contributed by atoms with van der Waals surface area (Å²) in [6, 6.07) is 3.56. The molecule has 10 heteroatoms. The molecule has 2 aromatic heterocycles. The molecule has 0 atom stereocenters. The van der Waals surface area contributed by atoms with E-state index in [1.54, 1.807) is 13.4 Å². The van der Waals surface area contributed by atoms with Gasteiger partial charge in [-0.3, -0.25) is 9.59 Å². The van der Waals surface area contributed by atoms with E-state index in [9.17, 15) is 9.59 Å². The molecule has 0 aromatic carbocycles. The van der Waals surface area contributed by atoms with Crippen LogP contribution in [0.15, 0.2) is 18.6 Å². The fraction of sp³-hybridized carbons (Fsp3) is 0.550. The van der Waals surface area contributed by atoms with Gasteiger partial charge in [-0.25, -0.2) is 0 Å². The summed E-state index contributed by atoms with van der Waals surface area (Å²) < 4.78 is 6.99. The number of hydrogen-bond donors (Lipinski definition) is 3. The zero-order chi connectivity index (χ0) is 21.3. The van der Waals surface area contributed by atoms with E-state index in [1.807, 2.05) is 10.6 Å². The molecule has 0 bridgehead atoms. The van der Waals surface area contributed by atoms with Crippen LogP contribution in [0.25, 0.3) is 0 Å². The Morgan fingerprint density at radius 1 is 1.37 bits per heavy atom. The lowest BCUT2D eigenvalue weighted by atomic mass is 9.85. The average molecular weight is 413 g/mol. The number of hydrogen-bond acceptors (Lipinski definition) is 6. The van der Waals surface area contributed by atoms with Gasteiger partial charge in [0, 0.05) is 44.8 Å². The van der Waals surface area contributed by atoms with Gasteiger partial charge in [-0.1, -0.05) is 0 Å². The lowest BCUT2D eigenvalue weighted by Crippen LogP contribution is -2.41. The van der Waals surface area contributed by atoms with Crippen LogP contribution in [0.4, 0.5) is 0 Å². The molecular formula is C20H27N7O3. The Morgan fingerprint density at radius 2 is 2.17 bits per heavy atom. The molecule has 2 amide bonds. The molecule has 0 saturated heterocycles. The first-order valence-corrected chi connectivity index (χ1v) is 10.1. The van der Waals surface area contributed by atoms with Crippen molar-refractivity contribution in [1.29, 1.82) is 5.26 Å². The molecular weight excluding hydrogens is 386 g/mol. The van der Waals surface area contributed by atoms with Crippen LogP contribution in [-0.4, -0.2) is 57.9 Å². The van der Waals surface area contributed by atoms with Crippen molar-refractivity contribution in [2.75, 3.05) is 20.3 Å². The van der Waals surface area contributed by atoms with Crippen LogP contribution in [0.5, 0.6) is 0 Å². The second-order valence-electron chi connectivity index (χ2n) is 7.41. The maximum atomic E-state index is 12.5. The number of amides is 2. The molecule has 1 saturated carbocycles.